The van der Waals surface area contributed by atoms with E-state index in [-0.39, 0.29) is 6.61 Å². The first-order valence-electron chi connectivity index (χ1n) is 6.96. The Hall–Kier alpha value is -1.84. The van der Waals surface area contributed by atoms with Crippen molar-refractivity contribution in [2.24, 2.45) is 0 Å². The van der Waals surface area contributed by atoms with Crippen LogP contribution in [0.15, 0.2) is 29.4 Å². The summed E-state index contributed by atoms with van der Waals surface area (Å²) in [6, 6.07) is 8.63. The lowest BCUT2D eigenvalue weighted by Crippen LogP contribution is -1.98. The Morgan fingerprint density at radius 2 is 2.29 bits per heavy atom. The third kappa shape index (κ3) is 3.84. The molecule has 1 heterocycles. The third-order valence-electron chi connectivity index (χ3n) is 3.12. The van der Waals surface area contributed by atoms with Crippen molar-refractivity contribution in [1.82, 2.24) is 20.2 Å². The summed E-state index contributed by atoms with van der Waals surface area (Å²) >= 11 is 1.65. The Bertz CT molecular complexity index is 670. The molecule has 1 fully saturated rings. The topological polar surface area (TPSA) is 63.8 Å². The van der Waals surface area contributed by atoms with E-state index in [2.05, 4.69) is 39.5 Å². The van der Waals surface area contributed by atoms with Crippen molar-refractivity contribution in [2.75, 3.05) is 6.61 Å². The number of hydrogen-bond acceptors (Lipinski definition) is 5. The fraction of sp³-hybridized carbons (Fsp3) is 0.400. The lowest BCUT2D eigenvalue weighted by Gasteiger charge is -2.03. The molecule has 0 bridgehead atoms. The Morgan fingerprint density at radius 3 is 3.10 bits per heavy atom. The number of hydrogen-bond donors (Lipinski definition) is 1. The molecular weight excluding hydrogens is 284 g/mol. The summed E-state index contributed by atoms with van der Waals surface area (Å²) in [5, 5.41) is 21.5. The van der Waals surface area contributed by atoms with Crippen molar-refractivity contribution < 1.29 is 5.11 Å². The molecule has 108 valence electrons. The minimum Gasteiger partial charge on any atom is -0.395 e. The van der Waals surface area contributed by atoms with Gasteiger partial charge in [0.25, 0.3) is 0 Å². The standard InChI is InChI=1S/C15H16N4OS/c20-9-2-1-4-12-5-3-6-13(10-12)11-21-15-16-17-18-19(15)14-7-8-14/h3,5-6,10,14,20H,2,7-9,11H2. The van der Waals surface area contributed by atoms with E-state index in [1.807, 2.05) is 16.8 Å². The quantitative estimate of drug-likeness (QED) is 0.676. The number of benzene rings is 1. The summed E-state index contributed by atoms with van der Waals surface area (Å²) in [5.41, 5.74) is 2.17. The molecule has 0 spiro atoms. The highest BCUT2D eigenvalue weighted by molar-refractivity contribution is 7.98. The lowest BCUT2D eigenvalue weighted by molar-refractivity contribution is 0.305. The molecule has 1 aromatic heterocycles. The smallest absolute Gasteiger partial charge is 0.209 e. The number of aliphatic hydroxyl groups excluding tert-OH is 1. The van der Waals surface area contributed by atoms with Crippen molar-refractivity contribution in [1.29, 1.82) is 0 Å². The van der Waals surface area contributed by atoms with Crippen LogP contribution in [0.1, 0.15) is 36.4 Å². The molecule has 0 unspecified atom stereocenters. The van der Waals surface area contributed by atoms with Crippen LogP contribution in [-0.4, -0.2) is 31.9 Å². The summed E-state index contributed by atoms with van der Waals surface area (Å²) in [5.74, 6) is 6.81. The van der Waals surface area contributed by atoms with Gasteiger partial charge >= 0.3 is 0 Å². The maximum atomic E-state index is 8.74. The first kappa shape index (κ1) is 14.1. The van der Waals surface area contributed by atoms with Crippen LogP contribution in [0.25, 0.3) is 0 Å². The van der Waals surface area contributed by atoms with E-state index >= 15 is 0 Å². The SMILES string of the molecule is OCCC#Cc1cccc(CSc2nnnn2C2CC2)c1. The highest BCUT2D eigenvalue weighted by Crippen LogP contribution is 2.36. The highest BCUT2D eigenvalue weighted by atomic mass is 32.2. The fourth-order valence-corrected chi connectivity index (χ4v) is 2.82. The largest absolute Gasteiger partial charge is 0.395 e. The van der Waals surface area contributed by atoms with E-state index in [1.54, 1.807) is 11.8 Å². The Morgan fingerprint density at radius 1 is 1.38 bits per heavy atom. The van der Waals surface area contributed by atoms with Crippen molar-refractivity contribution in [3.8, 4) is 11.8 Å². The van der Waals surface area contributed by atoms with E-state index in [4.69, 9.17) is 5.11 Å². The second kappa shape index (κ2) is 6.74. The molecule has 21 heavy (non-hydrogen) atoms. The van der Waals surface area contributed by atoms with E-state index in [9.17, 15) is 0 Å². The fourth-order valence-electron chi connectivity index (χ4n) is 1.94. The predicted octanol–water partition coefficient (Wildman–Crippen LogP) is 2.03. The Balaban J connectivity index is 1.63. The molecule has 3 rings (SSSR count). The number of rotatable bonds is 5. The summed E-state index contributed by atoms with van der Waals surface area (Å²) < 4.78 is 1.93. The molecule has 0 amide bonds. The highest BCUT2D eigenvalue weighted by Gasteiger charge is 2.27. The monoisotopic (exact) mass is 300 g/mol. The number of thioether (sulfide) groups is 1. The van der Waals surface area contributed by atoms with Crippen LogP contribution in [0, 0.1) is 11.8 Å². The van der Waals surface area contributed by atoms with Crippen molar-refractivity contribution >= 4 is 11.8 Å². The summed E-state index contributed by atoms with van der Waals surface area (Å²) in [7, 11) is 0. The summed E-state index contributed by atoms with van der Waals surface area (Å²) in [6.07, 6.45) is 2.86. The number of nitrogens with zero attached hydrogens (tertiary/aromatic N) is 4. The van der Waals surface area contributed by atoms with E-state index < -0.39 is 0 Å². The molecule has 1 N–H and O–H groups in total. The van der Waals surface area contributed by atoms with Crippen molar-refractivity contribution in [3.63, 3.8) is 0 Å². The second-order valence-corrected chi connectivity index (χ2v) is 5.84. The average molecular weight is 300 g/mol. The van der Waals surface area contributed by atoms with Crippen LogP contribution < -0.4 is 0 Å². The molecule has 1 aliphatic carbocycles. The van der Waals surface area contributed by atoms with Crippen LogP contribution in [-0.2, 0) is 5.75 Å². The van der Waals surface area contributed by atoms with Crippen molar-refractivity contribution in [2.45, 2.75) is 36.2 Å². The molecule has 1 aliphatic rings. The van der Waals surface area contributed by atoms with E-state index in [1.165, 1.54) is 18.4 Å². The van der Waals surface area contributed by atoms with Crippen LogP contribution in [0.4, 0.5) is 0 Å². The maximum absolute atomic E-state index is 8.74. The second-order valence-electron chi connectivity index (χ2n) is 4.90. The van der Waals surface area contributed by atoms with Gasteiger partial charge in [-0.05, 0) is 41.0 Å². The molecular formula is C15H16N4OS. The third-order valence-corrected chi connectivity index (χ3v) is 4.12. The van der Waals surface area contributed by atoms with Gasteiger partial charge in [0.05, 0.1) is 12.6 Å². The van der Waals surface area contributed by atoms with Gasteiger partial charge in [-0.15, -0.1) is 5.10 Å². The first-order valence-corrected chi connectivity index (χ1v) is 7.95. The number of aromatic nitrogens is 4. The van der Waals surface area contributed by atoms with Gasteiger partial charge in [0.2, 0.25) is 5.16 Å². The molecule has 2 aromatic rings. The maximum Gasteiger partial charge on any atom is 0.209 e. The van der Waals surface area contributed by atoms with Crippen LogP contribution >= 0.6 is 11.8 Å². The zero-order valence-corrected chi connectivity index (χ0v) is 12.4. The van der Waals surface area contributed by atoms with Gasteiger partial charge < -0.3 is 5.11 Å². The van der Waals surface area contributed by atoms with Crippen LogP contribution in [0.3, 0.4) is 0 Å². The predicted molar refractivity (Wildman–Crippen MR) is 80.7 cm³/mol. The van der Waals surface area contributed by atoms with Gasteiger partial charge in [0.15, 0.2) is 0 Å². The molecule has 5 nitrogen and oxygen atoms in total. The zero-order chi connectivity index (χ0) is 14.5. The number of aliphatic hydroxyl groups is 1. The molecule has 1 aromatic carbocycles. The minimum absolute atomic E-state index is 0.104. The molecule has 0 radical (unpaired) electrons. The van der Waals surface area contributed by atoms with Crippen LogP contribution in [0.5, 0.6) is 0 Å². The minimum atomic E-state index is 0.104. The van der Waals surface area contributed by atoms with E-state index in [0.29, 0.717) is 12.5 Å². The Kier molecular flexibility index (Phi) is 4.53. The molecule has 6 heteroatoms. The Labute approximate surface area is 127 Å². The van der Waals surface area contributed by atoms with E-state index in [0.717, 1.165) is 16.5 Å². The van der Waals surface area contributed by atoms with Crippen molar-refractivity contribution in [3.05, 3.63) is 35.4 Å². The molecule has 1 saturated carbocycles. The molecule has 0 saturated heterocycles. The molecule has 0 atom stereocenters. The summed E-state index contributed by atoms with van der Waals surface area (Å²) in [4.78, 5) is 0. The van der Waals surface area contributed by atoms with Gasteiger partial charge in [0.1, 0.15) is 0 Å². The first-order chi connectivity index (χ1) is 10.4. The van der Waals surface area contributed by atoms with Gasteiger partial charge in [0, 0.05) is 17.7 Å². The zero-order valence-electron chi connectivity index (χ0n) is 11.6. The van der Waals surface area contributed by atoms with Gasteiger partial charge in [-0.2, -0.15) is 0 Å². The van der Waals surface area contributed by atoms with Crippen LogP contribution in [0.2, 0.25) is 0 Å². The summed E-state index contributed by atoms with van der Waals surface area (Å²) in [6.45, 7) is 0.104. The normalized spacial score (nSPS) is 13.8. The van der Waals surface area contributed by atoms with Gasteiger partial charge in [-0.1, -0.05) is 35.7 Å². The number of tetrazole rings is 1. The van der Waals surface area contributed by atoms with Gasteiger partial charge in [-0.25, -0.2) is 4.68 Å². The van der Waals surface area contributed by atoms with Gasteiger partial charge in [-0.3, -0.25) is 0 Å². The lowest BCUT2D eigenvalue weighted by atomic mass is 10.1. The average Bonchev–Trinajstić information content (AvgIpc) is 3.24. The molecule has 0 aliphatic heterocycles.